The molecule has 1 atom stereocenters. The molecule has 1 aliphatic rings. The van der Waals surface area contributed by atoms with Gasteiger partial charge in [0.05, 0.1) is 11.4 Å². The van der Waals surface area contributed by atoms with Crippen LogP contribution >= 0.6 is 22.6 Å². The van der Waals surface area contributed by atoms with Gasteiger partial charge in [-0.05, 0) is 47.2 Å². The van der Waals surface area contributed by atoms with Crippen LogP contribution in [0.2, 0.25) is 0 Å². The Morgan fingerprint density at radius 2 is 2.25 bits per heavy atom. The molecule has 0 aliphatic carbocycles. The van der Waals surface area contributed by atoms with Gasteiger partial charge in [0, 0.05) is 16.0 Å². The summed E-state index contributed by atoms with van der Waals surface area (Å²) in [5.41, 5.74) is 1.93. The van der Waals surface area contributed by atoms with Gasteiger partial charge in [0.1, 0.15) is 0 Å². The summed E-state index contributed by atoms with van der Waals surface area (Å²) >= 11 is 2.25. The molecular weight excluding hydrogens is 315 g/mol. The van der Waals surface area contributed by atoms with Gasteiger partial charge in [0.15, 0.2) is 0 Å². The molecule has 0 radical (unpaired) electrons. The van der Waals surface area contributed by atoms with Gasteiger partial charge in [-0.25, -0.2) is 0 Å². The fourth-order valence-corrected chi connectivity index (χ4v) is 2.46. The minimum atomic E-state index is 0.103. The van der Waals surface area contributed by atoms with Crippen LogP contribution in [0.4, 0.5) is 11.4 Å². The number of carbonyl (C=O) groups is 1. The molecule has 0 spiro atoms. The Morgan fingerprint density at radius 1 is 1.44 bits per heavy atom. The minimum absolute atomic E-state index is 0.103. The number of rotatable bonds is 2. The summed E-state index contributed by atoms with van der Waals surface area (Å²) in [6.45, 7) is 2.14. The van der Waals surface area contributed by atoms with Crippen LogP contribution in [0.25, 0.3) is 0 Å². The summed E-state index contributed by atoms with van der Waals surface area (Å²) in [6.07, 6.45) is 2.67. The van der Waals surface area contributed by atoms with E-state index in [-0.39, 0.29) is 11.9 Å². The Kier molecular flexibility index (Phi) is 3.68. The lowest BCUT2D eigenvalue weighted by molar-refractivity contribution is -0.116. The van der Waals surface area contributed by atoms with E-state index in [0.717, 1.165) is 27.8 Å². The highest BCUT2D eigenvalue weighted by Gasteiger charge is 2.19. The van der Waals surface area contributed by atoms with E-state index in [9.17, 15) is 4.79 Å². The van der Waals surface area contributed by atoms with E-state index in [1.807, 2.05) is 18.2 Å². The van der Waals surface area contributed by atoms with Crippen molar-refractivity contribution < 1.29 is 4.79 Å². The zero-order chi connectivity index (χ0) is 11.5. The van der Waals surface area contributed by atoms with Crippen molar-refractivity contribution in [3.8, 4) is 0 Å². The van der Waals surface area contributed by atoms with Gasteiger partial charge in [-0.1, -0.05) is 13.3 Å². The predicted molar refractivity (Wildman–Crippen MR) is 74.7 cm³/mol. The van der Waals surface area contributed by atoms with Gasteiger partial charge in [-0.2, -0.15) is 0 Å². The second-order valence-electron chi connectivity index (χ2n) is 4.07. The lowest BCUT2D eigenvalue weighted by Gasteiger charge is -2.15. The highest BCUT2D eigenvalue weighted by molar-refractivity contribution is 14.1. The lowest BCUT2D eigenvalue weighted by Crippen LogP contribution is -2.22. The summed E-state index contributed by atoms with van der Waals surface area (Å²) < 4.78 is 1.13. The summed E-state index contributed by atoms with van der Waals surface area (Å²) in [5, 5.41) is 6.38. The Balaban J connectivity index is 2.28. The van der Waals surface area contributed by atoms with Gasteiger partial charge in [-0.15, -0.1) is 0 Å². The largest absolute Gasteiger partial charge is 0.380 e. The number of amides is 1. The fourth-order valence-electron chi connectivity index (χ4n) is 1.96. The standard InChI is InChI=1S/C12H15IN2O/c1-2-3-9-7-12(16)15-11-6-8(13)4-5-10(11)14-9/h4-6,9,14H,2-3,7H2,1H3,(H,15,16). The molecule has 3 nitrogen and oxygen atoms in total. The average Bonchev–Trinajstić information content (AvgIpc) is 2.36. The van der Waals surface area contributed by atoms with Crippen molar-refractivity contribution in [3.63, 3.8) is 0 Å². The van der Waals surface area contributed by atoms with E-state index in [1.54, 1.807) is 0 Å². The molecule has 1 aromatic rings. The molecule has 2 N–H and O–H groups in total. The van der Waals surface area contributed by atoms with Crippen LogP contribution in [-0.4, -0.2) is 11.9 Å². The van der Waals surface area contributed by atoms with Crippen LogP contribution in [0.5, 0.6) is 0 Å². The van der Waals surface area contributed by atoms with Crippen molar-refractivity contribution in [1.29, 1.82) is 0 Å². The SMILES string of the molecule is CCCC1CC(=O)Nc2cc(I)ccc2N1. The first-order valence-electron chi connectivity index (χ1n) is 5.55. The van der Waals surface area contributed by atoms with Crippen molar-refractivity contribution in [2.45, 2.75) is 32.2 Å². The number of halogens is 1. The molecule has 16 heavy (non-hydrogen) atoms. The zero-order valence-electron chi connectivity index (χ0n) is 9.22. The average molecular weight is 330 g/mol. The van der Waals surface area contributed by atoms with Crippen LogP contribution < -0.4 is 10.6 Å². The third-order valence-corrected chi connectivity index (χ3v) is 3.36. The van der Waals surface area contributed by atoms with E-state index in [1.165, 1.54) is 0 Å². The van der Waals surface area contributed by atoms with Gasteiger partial charge < -0.3 is 10.6 Å². The molecule has 1 unspecified atom stereocenters. The van der Waals surface area contributed by atoms with Crippen LogP contribution in [0.1, 0.15) is 26.2 Å². The lowest BCUT2D eigenvalue weighted by atomic mass is 10.1. The quantitative estimate of drug-likeness (QED) is 0.818. The van der Waals surface area contributed by atoms with E-state index in [0.29, 0.717) is 6.42 Å². The minimum Gasteiger partial charge on any atom is -0.380 e. The highest BCUT2D eigenvalue weighted by Crippen LogP contribution is 2.28. The van der Waals surface area contributed by atoms with E-state index in [2.05, 4.69) is 40.1 Å². The molecule has 0 aromatic heterocycles. The monoisotopic (exact) mass is 330 g/mol. The predicted octanol–water partition coefficient (Wildman–Crippen LogP) is 3.21. The number of anilines is 2. The Labute approximate surface area is 109 Å². The van der Waals surface area contributed by atoms with Gasteiger partial charge >= 0.3 is 0 Å². The molecule has 0 saturated carbocycles. The molecule has 1 aromatic carbocycles. The van der Waals surface area contributed by atoms with Gasteiger partial charge in [0.2, 0.25) is 5.91 Å². The molecule has 1 heterocycles. The normalized spacial score (nSPS) is 19.4. The third-order valence-electron chi connectivity index (χ3n) is 2.68. The molecule has 0 fully saturated rings. The number of fused-ring (bicyclic) bond motifs is 1. The van der Waals surface area contributed by atoms with Crippen molar-refractivity contribution in [2.24, 2.45) is 0 Å². The summed E-state index contributed by atoms with van der Waals surface area (Å²) in [4.78, 5) is 11.7. The Morgan fingerprint density at radius 3 is 3.00 bits per heavy atom. The van der Waals surface area contributed by atoms with Crippen molar-refractivity contribution in [1.82, 2.24) is 0 Å². The highest BCUT2D eigenvalue weighted by atomic mass is 127. The van der Waals surface area contributed by atoms with E-state index < -0.39 is 0 Å². The molecule has 86 valence electrons. The number of hydrogen-bond acceptors (Lipinski definition) is 2. The molecule has 0 bridgehead atoms. The topological polar surface area (TPSA) is 41.1 Å². The van der Waals surface area contributed by atoms with E-state index in [4.69, 9.17) is 0 Å². The Hall–Kier alpha value is -0.780. The number of carbonyl (C=O) groups excluding carboxylic acids is 1. The molecule has 0 saturated heterocycles. The van der Waals surface area contributed by atoms with Crippen molar-refractivity contribution in [3.05, 3.63) is 21.8 Å². The summed E-state index contributed by atoms with van der Waals surface area (Å²) in [6, 6.07) is 6.33. The zero-order valence-corrected chi connectivity index (χ0v) is 11.4. The third kappa shape index (κ3) is 2.66. The molecule has 4 heteroatoms. The van der Waals surface area contributed by atoms with E-state index >= 15 is 0 Å². The first-order valence-corrected chi connectivity index (χ1v) is 6.63. The number of nitrogens with one attached hydrogen (secondary N) is 2. The maximum absolute atomic E-state index is 11.7. The first-order chi connectivity index (χ1) is 7.69. The van der Waals surface area contributed by atoms with Crippen molar-refractivity contribution in [2.75, 3.05) is 10.6 Å². The smallest absolute Gasteiger partial charge is 0.226 e. The van der Waals surface area contributed by atoms with Gasteiger partial charge in [0.25, 0.3) is 0 Å². The molecule has 1 amide bonds. The number of hydrogen-bond donors (Lipinski definition) is 2. The fraction of sp³-hybridized carbons (Fsp3) is 0.417. The second kappa shape index (κ2) is 5.03. The number of benzene rings is 1. The Bertz CT molecular complexity index is 406. The van der Waals surface area contributed by atoms with Crippen LogP contribution in [0.15, 0.2) is 18.2 Å². The molecule has 2 rings (SSSR count). The summed E-state index contributed by atoms with van der Waals surface area (Å²) in [5.74, 6) is 0.103. The van der Waals surface area contributed by atoms with Crippen LogP contribution in [0.3, 0.4) is 0 Å². The maximum atomic E-state index is 11.7. The summed E-state index contributed by atoms with van der Waals surface area (Å²) in [7, 11) is 0. The van der Waals surface area contributed by atoms with Crippen molar-refractivity contribution >= 4 is 39.9 Å². The van der Waals surface area contributed by atoms with Crippen LogP contribution in [0, 0.1) is 3.57 Å². The first kappa shape index (κ1) is 11.7. The maximum Gasteiger partial charge on any atom is 0.226 e. The molecule has 1 aliphatic heterocycles. The molecular formula is C12H15IN2O. The van der Waals surface area contributed by atoms with Gasteiger partial charge in [-0.3, -0.25) is 4.79 Å². The van der Waals surface area contributed by atoms with Crippen LogP contribution in [-0.2, 0) is 4.79 Å². The second-order valence-corrected chi connectivity index (χ2v) is 5.32.